The fraction of sp³-hybridized carbons (Fsp3) is 0.185. The molecule has 68 heavy (non-hydrogen) atoms. The Hall–Kier alpha value is -5.43. The normalized spacial score (nSPS) is 13.0. The topological polar surface area (TPSA) is 0 Å². The van der Waals surface area contributed by atoms with Gasteiger partial charge in [0.2, 0.25) is 0 Å². The van der Waals surface area contributed by atoms with Gasteiger partial charge in [0.25, 0.3) is 0 Å². The molecule has 0 unspecified atom stereocenters. The van der Waals surface area contributed by atoms with E-state index in [1.807, 2.05) is 0 Å². The number of hydrogen-bond acceptors (Lipinski definition) is 0. The van der Waals surface area contributed by atoms with E-state index in [0.29, 0.717) is 0 Å². The second kappa shape index (κ2) is 20.7. The van der Waals surface area contributed by atoms with E-state index in [1.165, 1.54) is 77.9 Å². The summed E-state index contributed by atoms with van der Waals surface area (Å²) in [7, 11) is 0. The van der Waals surface area contributed by atoms with Crippen LogP contribution in [-0.4, -0.2) is 3.21 Å². The number of benzene rings is 8. The summed E-state index contributed by atoms with van der Waals surface area (Å²) >= 11 is -3.33. The maximum Gasteiger partial charge on any atom is -1.00 e. The minimum atomic E-state index is -3.33. The van der Waals surface area contributed by atoms with Crippen molar-refractivity contribution in [2.24, 2.45) is 0 Å². The van der Waals surface area contributed by atoms with Crippen molar-refractivity contribution >= 4 is 3.21 Å². The molecule has 0 spiro atoms. The molecule has 8 aromatic rings. The summed E-state index contributed by atoms with van der Waals surface area (Å²) < 4.78 is 3.57. The molecular formula is C65H60Cl2Zr. The van der Waals surface area contributed by atoms with Gasteiger partial charge in [-0.3, -0.25) is 0 Å². The first-order chi connectivity index (χ1) is 32.1. The first-order valence-electron chi connectivity index (χ1n) is 23.8. The SMILES string of the molecule is CC(C)(C)c1cc2c(cc1-c1ccccc1)[CH]([Zr+2]([C]1=CC=CC1)=[C](C(c1ccccc1)c1ccccc1)C(c1ccccc1)c1ccccc1)c1cc(-c3ccccc3)c(C(C)(C)C)cc1-2.[Cl-].[Cl-]. The van der Waals surface area contributed by atoms with Crippen molar-refractivity contribution in [3.63, 3.8) is 0 Å². The third-order valence-electron chi connectivity index (χ3n) is 13.9. The minimum absolute atomic E-state index is 0. The van der Waals surface area contributed by atoms with Gasteiger partial charge in [0.05, 0.1) is 0 Å². The van der Waals surface area contributed by atoms with E-state index < -0.39 is 21.3 Å². The van der Waals surface area contributed by atoms with Gasteiger partial charge in [0, 0.05) is 0 Å². The van der Waals surface area contributed by atoms with Gasteiger partial charge in [0.1, 0.15) is 0 Å². The number of halogens is 2. The van der Waals surface area contributed by atoms with Crippen molar-refractivity contribution in [3.05, 3.63) is 272 Å². The van der Waals surface area contributed by atoms with Gasteiger partial charge in [-0.05, 0) is 0 Å². The Bertz CT molecular complexity index is 2810. The number of allylic oxidation sites excluding steroid dienone is 4. The third-order valence-corrected chi connectivity index (χ3v) is 22.5. The molecular weight excluding hydrogens is 943 g/mol. The van der Waals surface area contributed by atoms with Crippen molar-refractivity contribution in [2.75, 3.05) is 0 Å². The Labute approximate surface area is 425 Å². The largest absolute Gasteiger partial charge is 1.00 e. The standard InChI is InChI=1S/C33H33.C27H22.C5H5.2ClH.Zr/c1-32(2,3)30-20-26-24(18-28(30)22-13-9-7-10-14-22)17-25-19-29(23-15-11-8-12-16-23)31(21-27(25)26)33(4,5)6;1-5-13-22(14-6-1)26(23-15-7-2-8-16-23)21-27(24-17-9-3-10-18-24)25-19-11-4-12-20-25;1-2-4-5-3-1;;;/h7-21H,1-6H3;1-20,26-27H;1-3H,4H2;2*1H;/q;;;;;+2/p-2. The van der Waals surface area contributed by atoms with Crippen LogP contribution in [0, 0.1) is 0 Å². The average molecular weight is 1000 g/mol. The van der Waals surface area contributed by atoms with Gasteiger partial charge >= 0.3 is 404 Å². The van der Waals surface area contributed by atoms with Crippen LogP contribution in [0.4, 0.5) is 0 Å². The van der Waals surface area contributed by atoms with Crippen LogP contribution >= 0.6 is 0 Å². The van der Waals surface area contributed by atoms with Gasteiger partial charge in [-0.25, -0.2) is 0 Å². The second-order valence-corrected chi connectivity index (χ2v) is 26.8. The second-order valence-electron chi connectivity index (χ2n) is 20.3. The molecule has 0 amide bonds. The molecule has 0 nitrogen and oxygen atoms in total. The molecule has 0 N–H and O–H groups in total. The van der Waals surface area contributed by atoms with Gasteiger partial charge in [0.15, 0.2) is 0 Å². The van der Waals surface area contributed by atoms with Crippen molar-refractivity contribution in [1.29, 1.82) is 0 Å². The predicted molar refractivity (Wildman–Crippen MR) is 278 cm³/mol. The molecule has 0 saturated carbocycles. The van der Waals surface area contributed by atoms with Crippen LogP contribution in [-0.2, 0) is 32.1 Å². The molecule has 0 saturated heterocycles. The summed E-state index contributed by atoms with van der Waals surface area (Å²) in [4.78, 5) is 0. The maximum absolute atomic E-state index is 3.33. The maximum atomic E-state index is 2.68. The molecule has 0 atom stereocenters. The molecule has 10 rings (SSSR count). The summed E-state index contributed by atoms with van der Waals surface area (Å²) in [6.07, 6.45) is 8.33. The number of hydrogen-bond donors (Lipinski definition) is 0. The van der Waals surface area contributed by atoms with E-state index in [0.717, 1.165) is 6.42 Å². The molecule has 0 bridgehead atoms. The molecule has 2 aliphatic carbocycles. The first-order valence-corrected chi connectivity index (χ1v) is 27.7. The van der Waals surface area contributed by atoms with Crippen molar-refractivity contribution in [3.8, 4) is 33.4 Å². The van der Waals surface area contributed by atoms with E-state index in [9.17, 15) is 0 Å². The molecule has 2 aliphatic rings. The van der Waals surface area contributed by atoms with E-state index in [2.05, 4.69) is 266 Å². The summed E-state index contributed by atoms with van der Waals surface area (Å²) in [5.74, 6) is 0.122. The molecule has 0 aromatic heterocycles. The van der Waals surface area contributed by atoms with Crippen LogP contribution in [0.1, 0.15) is 108 Å². The zero-order chi connectivity index (χ0) is 45.4. The van der Waals surface area contributed by atoms with Crippen LogP contribution in [0.15, 0.2) is 228 Å². The molecule has 0 fully saturated rings. The first kappa shape index (κ1) is 49.0. The van der Waals surface area contributed by atoms with Crippen molar-refractivity contribution < 1.29 is 46.1 Å². The smallest absolute Gasteiger partial charge is 1.00 e. The number of fused-ring (bicyclic) bond motifs is 3. The van der Waals surface area contributed by atoms with Crippen molar-refractivity contribution in [1.82, 2.24) is 0 Å². The minimum Gasteiger partial charge on any atom is -1.00 e. The van der Waals surface area contributed by atoms with E-state index >= 15 is 0 Å². The molecule has 8 aromatic carbocycles. The summed E-state index contributed by atoms with van der Waals surface area (Å²) in [6.45, 7) is 14.4. The summed E-state index contributed by atoms with van der Waals surface area (Å²) in [6, 6.07) is 79.0. The predicted octanol–water partition coefficient (Wildman–Crippen LogP) is 11.0. The molecule has 0 heterocycles. The average Bonchev–Trinajstić information content (AvgIpc) is 3.99. The molecule has 338 valence electrons. The van der Waals surface area contributed by atoms with Crippen LogP contribution in [0.5, 0.6) is 0 Å². The monoisotopic (exact) mass is 1000 g/mol. The fourth-order valence-corrected chi connectivity index (χ4v) is 21.0. The summed E-state index contributed by atoms with van der Waals surface area (Å²) in [5.41, 5.74) is 19.2. The van der Waals surface area contributed by atoms with Crippen LogP contribution in [0.25, 0.3) is 33.4 Å². The molecule has 0 radical (unpaired) electrons. The summed E-state index contributed by atoms with van der Waals surface area (Å²) in [5, 5.41) is 0. The van der Waals surface area contributed by atoms with Crippen LogP contribution < -0.4 is 24.8 Å². The zero-order valence-electron chi connectivity index (χ0n) is 40.1. The van der Waals surface area contributed by atoms with Gasteiger partial charge in [-0.1, -0.05) is 0 Å². The Morgan fingerprint density at radius 2 is 0.750 bits per heavy atom. The Balaban J connectivity index is 0.00000312. The third kappa shape index (κ3) is 9.61. The van der Waals surface area contributed by atoms with E-state index in [1.54, 1.807) is 6.49 Å². The van der Waals surface area contributed by atoms with Gasteiger partial charge in [-0.2, -0.15) is 0 Å². The van der Waals surface area contributed by atoms with Crippen LogP contribution in [0.3, 0.4) is 0 Å². The quantitative estimate of drug-likeness (QED) is 0.128. The van der Waals surface area contributed by atoms with Gasteiger partial charge < -0.3 is 24.8 Å². The molecule has 3 heteroatoms. The number of rotatable bonds is 10. The fourth-order valence-electron chi connectivity index (χ4n) is 11.0. The van der Waals surface area contributed by atoms with E-state index in [4.69, 9.17) is 0 Å². The Morgan fingerprint density at radius 3 is 1.04 bits per heavy atom. The van der Waals surface area contributed by atoms with Gasteiger partial charge in [-0.15, -0.1) is 0 Å². The zero-order valence-corrected chi connectivity index (χ0v) is 44.0. The van der Waals surface area contributed by atoms with Crippen molar-refractivity contribution in [2.45, 2.75) is 74.3 Å². The Kier molecular flexibility index (Phi) is 14.9. The Morgan fingerprint density at radius 1 is 0.426 bits per heavy atom. The van der Waals surface area contributed by atoms with E-state index in [-0.39, 0.29) is 51.1 Å². The van der Waals surface area contributed by atoms with Crippen LogP contribution in [0.2, 0.25) is 0 Å². The molecule has 0 aliphatic heterocycles.